The summed E-state index contributed by atoms with van der Waals surface area (Å²) in [6, 6.07) is 1.25. The summed E-state index contributed by atoms with van der Waals surface area (Å²) in [6.45, 7) is -0.484. The van der Waals surface area contributed by atoms with Crippen LogP contribution in [0.2, 0.25) is 0 Å². The van der Waals surface area contributed by atoms with Crippen LogP contribution < -0.4 is 17.0 Å². The molecule has 1 saturated heterocycles. The van der Waals surface area contributed by atoms with E-state index in [0.717, 1.165) is 4.57 Å². The quantitative estimate of drug-likeness (QED) is 0.279. The van der Waals surface area contributed by atoms with Gasteiger partial charge in [0.15, 0.2) is 6.23 Å². The number of nitrogens with one attached hydrogen (secondary N) is 1. The van der Waals surface area contributed by atoms with Crippen LogP contribution in [0.1, 0.15) is 6.23 Å². The fourth-order valence-corrected chi connectivity index (χ4v) is 1.83. The zero-order valence-corrected chi connectivity index (χ0v) is 14.2. The van der Waals surface area contributed by atoms with Crippen LogP contribution in [-0.2, 0) is 21.2 Å². The molecule has 0 bridgehead atoms. The molecule has 21 heavy (non-hydrogen) atoms. The van der Waals surface area contributed by atoms with Gasteiger partial charge in [0, 0.05) is 6.20 Å². The Morgan fingerprint density at radius 3 is 2.48 bits per heavy atom. The summed E-state index contributed by atoms with van der Waals surface area (Å²) in [6.07, 6.45) is -3.56. The van der Waals surface area contributed by atoms with Gasteiger partial charge in [-0.1, -0.05) is 0 Å². The van der Waals surface area contributed by atoms with E-state index >= 15 is 0 Å². The number of nitrogens with two attached hydrogens (primary N) is 1. The van der Waals surface area contributed by atoms with E-state index < -0.39 is 53.3 Å². The third kappa shape index (κ3) is 4.07. The molecule has 2 rings (SSSR count). The second-order valence-electron chi connectivity index (χ2n) is 4.03. The van der Waals surface area contributed by atoms with Gasteiger partial charge in [0.1, 0.15) is 23.8 Å². The number of hydrogen-bond acceptors (Lipinski definition) is 7. The summed E-state index contributed by atoms with van der Waals surface area (Å²) in [5.74, 6) is 5.34. The van der Waals surface area contributed by atoms with Crippen LogP contribution in [0.15, 0.2) is 17.1 Å². The van der Waals surface area contributed by atoms with Crippen molar-refractivity contribution in [3.8, 4) is 0 Å². The van der Waals surface area contributed by atoms with Crippen molar-refractivity contribution in [2.75, 3.05) is 12.4 Å². The number of ether oxygens (including phenoxy) is 1. The first kappa shape index (κ1) is 18.6. The second-order valence-corrected chi connectivity index (χ2v) is 7.32. The van der Waals surface area contributed by atoms with E-state index in [4.69, 9.17) is 39.9 Å². The molecule has 6 N–H and O–H groups in total. The SMILES string of the molecule is N=c1ccn([C@@H]2O[C@H](CO)[C@@H](O)[C@H]2O)c(=O)n1N.[Cl][Pt][Cl]. The van der Waals surface area contributed by atoms with Gasteiger partial charge in [0.25, 0.3) is 0 Å². The molecule has 12 heteroatoms. The van der Waals surface area contributed by atoms with Crippen LogP contribution in [0.3, 0.4) is 0 Å². The van der Waals surface area contributed by atoms with Crippen molar-refractivity contribution in [1.82, 2.24) is 9.24 Å². The van der Waals surface area contributed by atoms with Crippen molar-refractivity contribution in [3.63, 3.8) is 0 Å². The van der Waals surface area contributed by atoms with Gasteiger partial charge in [0.05, 0.1) is 6.61 Å². The van der Waals surface area contributed by atoms with E-state index in [-0.39, 0.29) is 5.49 Å². The summed E-state index contributed by atoms with van der Waals surface area (Å²) in [5, 5.41) is 35.6. The average Bonchev–Trinajstić information content (AvgIpc) is 2.74. The molecule has 0 unspecified atom stereocenters. The molecule has 0 saturated carbocycles. The Kier molecular flexibility index (Phi) is 7.35. The molecule has 1 fully saturated rings. The molecule has 0 radical (unpaired) electrons. The standard InChI is InChI=1S/C9H14N4O5.2ClH.Pt/c10-5-1-2-12(9(17)13(5)11)8-7(16)6(15)4(3-14)18-8;;;/h1-2,4,6-8,10,14-16H,3,11H2;2*1H;/q;;;+2/p-2/t4-,6-,7-,8-;;;/m1.../s1. The molecule has 0 aromatic carbocycles. The van der Waals surface area contributed by atoms with E-state index in [2.05, 4.69) is 0 Å². The van der Waals surface area contributed by atoms with Crippen LogP contribution in [0.4, 0.5) is 0 Å². The first-order valence-corrected chi connectivity index (χ1v) is 11.1. The number of hydrogen-bond donors (Lipinski definition) is 5. The Labute approximate surface area is 135 Å². The third-order valence-electron chi connectivity index (χ3n) is 2.87. The van der Waals surface area contributed by atoms with Gasteiger partial charge in [-0.15, -0.1) is 0 Å². The fourth-order valence-electron chi connectivity index (χ4n) is 1.83. The van der Waals surface area contributed by atoms with E-state index in [1.807, 2.05) is 0 Å². The minimum atomic E-state index is -1.36. The van der Waals surface area contributed by atoms with Crippen LogP contribution in [0, 0.1) is 5.41 Å². The molecule has 0 amide bonds. The van der Waals surface area contributed by atoms with Crippen molar-refractivity contribution in [2.45, 2.75) is 24.5 Å². The molecule has 1 aliphatic heterocycles. The van der Waals surface area contributed by atoms with Crippen molar-refractivity contribution < 1.29 is 36.5 Å². The number of rotatable bonds is 2. The molecule has 2 heterocycles. The molecule has 1 aromatic rings. The Morgan fingerprint density at radius 2 is 2.00 bits per heavy atom. The monoisotopic (exact) mass is 523 g/mol. The summed E-state index contributed by atoms with van der Waals surface area (Å²) < 4.78 is 6.72. The Morgan fingerprint density at radius 1 is 1.43 bits per heavy atom. The van der Waals surface area contributed by atoms with Gasteiger partial charge in [-0.05, 0) is 6.07 Å². The maximum absolute atomic E-state index is 11.8. The summed E-state index contributed by atoms with van der Waals surface area (Å²) in [7, 11) is 9.75. The zero-order valence-electron chi connectivity index (χ0n) is 10.4. The molecule has 124 valence electrons. The van der Waals surface area contributed by atoms with Crippen molar-refractivity contribution in [3.05, 3.63) is 28.2 Å². The van der Waals surface area contributed by atoms with Gasteiger partial charge < -0.3 is 25.9 Å². The van der Waals surface area contributed by atoms with E-state index in [9.17, 15) is 15.0 Å². The van der Waals surface area contributed by atoms with Gasteiger partial charge >= 0.3 is 41.0 Å². The fraction of sp³-hybridized carbons (Fsp3) is 0.556. The van der Waals surface area contributed by atoms with Crippen LogP contribution in [-0.4, -0.2) is 49.5 Å². The van der Waals surface area contributed by atoms with Gasteiger partial charge in [-0.25, -0.2) is 4.79 Å². The molecular formula is C9H14Cl2N4O5Pt. The van der Waals surface area contributed by atoms with Gasteiger partial charge in [0.2, 0.25) is 0 Å². The molecular weight excluding hydrogens is 510 g/mol. The number of nitrogen functional groups attached to an aromatic ring is 1. The first-order chi connectivity index (χ1) is 9.88. The Bertz CT molecular complexity index is 582. The molecule has 9 nitrogen and oxygen atoms in total. The molecule has 1 aliphatic rings. The van der Waals surface area contributed by atoms with Gasteiger partial charge in [-0.3, -0.25) is 9.98 Å². The normalized spacial score (nSPS) is 28.2. The zero-order chi connectivity index (χ0) is 16.2. The summed E-state index contributed by atoms with van der Waals surface area (Å²) in [5.41, 5.74) is -0.972. The average molecular weight is 524 g/mol. The minimum absolute atomic E-state index is 0.206. The number of nitrogens with zero attached hydrogens (tertiary/aromatic N) is 2. The van der Waals surface area contributed by atoms with Gasteiger partial charge in [-0.2, -0.15) is 4.68 Å². The Hall–Kier alpha value is -0.412. The number of halogens is 2. The van der Waals surface area contributed by atoms with Crippen molar-refractivity contribution in [2.24, 2.45) is 0 Å². The first-order valence-electron chi connectivity index (χ1n) is 5.47. The Balaban J connectivity index is 0.000000677. The van der Waals surface area contributed by atoms with Crippen LogP contribution in [0.5, 0.6) is 0 Å². The summed E-state index contributed by atoms with van der Waals surface area (Å²) in [4.78, 5) is 11.8. The maximum atomic E-state index is 11.8. The number of aliphatic hydroxyl groups excluding tert-OH is 3. The molecule has 1 aromatic heterocycles. The molecule has 4 atom stereocenters. The second kappa shape index (κ2) is 8.28. The van der Waals surface area contributed by atoms with Crippen molar-refractivity contribution >= 4 is 18.8 Å². The van der Waals surface area contributed by atoms with Crippen LogP contribution in [0.25, 0.3) is 0 Å². The number of aliphatic hydroxyl groups is 3. The van der Waals surface area contributed by atoms with Crippen LogP contribution >= 0.6 is 18.8 Å². The van der Waals surface area contributed by atoms with E-state index in [0.29, 0.717) is 4.68 Å². The van der Waals surface area contributed by atoms with Crippen molar-refractivity contribution in [1.29, 1.82) is 5.41 Å². The van der Waals surface area contributed by atoms with E-state index in [1.165, 1.54) is 12.3 Å². The summed E-state index contributed by atoms with van der Waals surface area (Å²) >= 11 is -0.472. The predicted molar refractivity (Wildman–Crippen MR) is 69.4 cm³/mol. The third-order valence-corrected chi connectivity index (χ3v) is 2.87. The molecule has 0 spiro atoms. The molecule has 0 aliphatic carbocycles. The van der Waals surface area contributed by atoms with E-state index in [1.54, 1.807) is 0 Å². The predicted octanol–water partition coefficient (Wildman–Crippen LogP) is -2.17. The topological polar surface area (TPSA) is 147 Å². The number of aromatic nitrogens is 2.